The molecular formula is C21H21F3N4O. The Morgan fingerprint density at radius 3 is 2.41 bits per heavy atom. The molecule has 0 atom stereocenters. The van der Waals surface area contributed by atoms with Crippen LogP contribution in [0.3, 0.4) is 0 Å². The highest BCUT2D eigenvalue weighted by Crippen LogP contribution is 2.28. The molecule has 3 aromatic rings. The molecule has 0 radical (unpaired) electrons. The zero-order chi connectivity index (χ0) is 20.9. The maximum atomic E-state index is 12.5. The van der Waals surface area contributed by atoms with Crippen LogP contribution in [0.4, 0.5) is 24.9 Å². The van der Waals surface area contributed by atoms with E-state index >= 15 is 0 Å². The lowest BCUT2D eigenvalue weighted by Crippen LogP contribution is -2.17. The van der Waals surface area contributed by atoms with Crippen molar-refractivity contribution >= 4 is 11.8 Å². The SMILES string of the molecule is CCNc1nc(NCc2ccc(C)cc2)cc(-c2cccc(OC(F)(F)F)c2)n1. The van der Waals surface area contributed by atoms with Crippen molar-refractivity contribution in [1.29, 1.82) is 0 Å². The summed E-state index contributed by atoms with van der Waals surface area (Å²) >= 11 is 0. The molecule has 3 rings (SSSR count). The maximum absolute atomic E-state index is 12.5. The maximum Gasteiger partial charge on any atom is 0.573 e. The molecule has 0 saturated carbocycles. The van der Waals surface area contributed by atoms with Gasteiger partial charge in [0.15, 0.2) is 0 Å². The van der Waals surface area contributed by atoms with Gasteiger partial charge in [0.1, 0.15) is 11.6 Å². The summed E-state index contributed by atoms with van der Waals surface area (Å²) in [6.07, 6.45) is -4.75. The molecule has 152 valence electrons. The summed E-state index contributed by atoms with van der Waals surface area (Å²) < 4.78 is 41.6. The Balaban J connectivity index is 1.86. The van der Waals surface area contributed by atoms with E-state index in [1.165, 1.54) is 23.8 Å². The number of benzene rings is 2. The van der Waals surface area contributed by atoms with Crippen LogP contribution >= 0.6 is 0 Å². The van der Waals surface area contributed by atoms with Crippen LogP contribution in [0, 0.1) is 6.92 Å². The van der Waals surface area contributed by atoms with E-state index in [9.17, 15) is 13.2 Å². The molecule has 0 fully saturated rings. The average molecular weight is 402 g/mol. The van der Waals surface area contributed by atoms with Crippen LogP contribution in [-0.4, -0.2) is 22.9 Å². The predicted molar refractivity (Wildman–Crippen MR) is 107 cm³/mol. The van der Waals surface area contributed by atoms with Crippen molar-refractivity contribution in [3.63, 3.8) is 0 Å². The lowest BCUT2D eigenvalue weighted by Gasteiger charge is -2.12. The monoisotopic (exact) mass is 402 g/mol. The van der Waals surface area contributed by atoms with Gasteiger partial charge >= 0.3 is 6.36 Å². The molecule has 0 aliphatic rings. The van der Waals surface area contributed by atoms with Crippen LogP contribution < -0.4 is 15.4 Å². The first-order valence-corrected chi connectivity index (χ1v) is 9.11. The average Bonchev–Trinajstić information content (AvgIpc) is 2.66. The van der Waals surface area contributed by atoms with Gasteiger partial charge < -0.3 is 15.4 Å². The second-order valence-corrected chi connectivity index (χ2v) is 6.41. The number of halogens is 3. The number of hydrogen-bond acceptors (Lipinski definition) is 5. The Morgan fingerprint density at radius 1 is 0.966 bits per heavy atom. The molecule has 2 aromatic carbocycles. The van der Waals surface area contributed by atoms with Gasteiger partial charge in [-0.15, -0.1) is 13.2 Å². The van der Waals surface area contributed by atoms with Crippen LogP contribution in [0.25, 0.3) is 11.3 Å². The number of ether oxygens (including phenoxy) is 1. The summed E-state index contributed by atoms with van der Waals surface area (Å²) in [5.41, 5.74) is 3.23. The minimum atomic E-state index is -4.75. The molecule has 1 heterocycles. The Hall–Kier alpha value is -3.29. The standard InChI is InChI=1S/C21H21F3N4O/c1-3-25-20-27-18(16-5-4-6-17(11-16)29-21(22,23)24)12-19(28-20)26-13-15-9-7-14(2)8-10-15/h4-12H,3,13H2,1-2H3,(H2,25,26,27,28). The van der Waals surface area contributed by atoms with Crippen molar-refractivity contribution in [1.82, 2.24) is 9.97 Å². The van der Waals surface area contributed by atoms with Crippen LogP contribution in [0.1, 0.15) is 18.1 Å². The Labute approximate surface area is 167 Å². The van der Waals surface area contributed by atoms with Gasteiger partial charge in [-0.25, -0.2) is 4.98 Å². The van der Waals surface area contributed by atoms with Crippen LogP contribution in [0.15, 0.2) is 54.6 Å². The zero-order valence-electron chi connectivity index (χ0n) is 16.0. The number of aromatic nitrogens is 2. The number of nitrogens with zero attached hydrogens (tertiary/aromatic N) is 2. The topological polar surface area (TPSA) is 59.1 Å². The Morgan fingerprint density at radius 2 is 1.72 bits per heavy atom. The number of hydrogen-bond donors (Lipinski definition) is 2. The number of rotatable bonds is 7. The zero-order valence-corrected chi connectivity index (χ0v) is 16.0. The van der Waals surface area contributed by atoms with E-state index in [-0.39, 0.29) is 5.75 Å². The second kappa shape index (κ2) is 8.81. The first kappa shape index (κ1) is 20.4. The molecule has 8 heteroatoms. The first-order valence-electron chi connectivity index (χ1n) is 9.11. The Kier molecular flexibility index (Phi) is 6.21. The van der Waals surface area contributed by atoms with E-state index in [1.54, 1.807) is 12.1 Å². The second-order valence-electron chi connectivity index (χ2n) is 6.41. The van der Waals surface area contributed by atoms with Crippen molar-refractivity contribution in [2.75, 3.05) is 17.2 Å². The molecule has 29 heavy (non-hydrogen) atoms. The highest BCUT2D eigenvalue weighted by molar-refractivity contribution is 5.66. The fraction of sp³-hybridized carbons (Fsp3) is 0.238. The van der Waals surface area contributed by atoms with Crippen LogP contribution in [-0.2, 0) is 6.54 Å². The molecule has 1 aromatic heterocycles. The largest absolute Gasteiger partial charge is 0.573 e. The van der Waals surface area contributed by atoms with Crippen molar-refractivity contribution < 1.29 is 17.9 Å². The van der Waals surface area contributed by atoms with Crippen molar-refractivity contribution in [3.05, 3.63) is 65.7 Å². The molecule has 0 unspecified atom stereocenters. The van der Waals surface area contributed by atoms with Crippen LogP contribution in [0.5, 0.6) is 5.75 Å². The van der Waals surface area contributed by atoms with Crippen molar-refractivity contribution in [2.45, 2.75) is 26.8 Å². The molecule has 0 spiro atoms. The summed E-state index contributed by atoms with van der Waals surface area (Å²) in [6, 6.07) is 15.5. The quantitative estimate of drug-likeness (QED) is 0.555. The Bertz CT molecular complexity index is 959. The minimum absolute atomic E-state index is 0.298. The number of aryl methyl sites for hydroxylation is 1. The first-order chi connectivity index (χ1) is 13.8. The number of anilines is 2. The molecule has 0 aliphatic carbocycles. The van der Waals surface area contributed by atoms with Gasteiger partial charge in [0.2, 0.25) is 5.95 Å². The summed E-state index contributed by atoms with van der Waals surface area (Å²) in [4.78, 5) is 8.82. The fourth-order valence-corrected chi connectivity index (χ4v) is 2.67. The number of nitrogens with one attached hydrogen (secondary N) is 2. The van der Waals surface area contributed by atoms with Gasteiger partial charge in [0.25, 0.3) is 0 Å². The van der Waals surface area contributed by atoms with E-state index < -0.39 is 6.36 Å². The summed E-state index contributed by atoms with van der Waals surface area (Å²) in [7, 11) is 0. The predicted octanol–water partition coefficient (Wildman–Crippen LogP) is 5.39. The van der Waals surface area contributed by atoms with E-state index in [2.05, 4.69) is 25.3 Å². The van der Waals surface area contributed by atoms with E-state index in [0.29, 0.717) is 36.1 Å². The molecular weight excluding hydrogens is 381 g/mol. The van der Waals surface area contributed by atoms with Gasteiger partial charge in [-0.2, -0.15) is 4.98 Å². The molecule has 0 saturated heterocycles. The smallest absolute Gasteiger partial charge is 0.406 e. The molecule has 0 bridgehead atoms. The summed E-state index contributed by atoms with van der Waals surface area (Å²) in [6.45, 7) is 5.10. The molecule has 2 N–H and O–H groups in total. The van der Waals surface area contributed by atoms with Crippen LogP contribution in [0.2, 0.25) is 0 Å². The van der Waals surface area contributed by atoms with Gasteiger partial charge in [0, 0.05) is 24.7 Å². The highest BCUT2D eigenvalue weighted by Gasteiger charge is 2.31. The van der Waals surface area contributed by atoms with Gasteiger partial charge in [-0.3, -0.25) is 0 Å². The van der Waals surface area contributed by atoms with Gasteiger partial charge in [-0.1, -0.05) is 42.0 Å². The minimum Gasteiger partial charge on any atom is -0.406 e. The number of alkyl halides is 3. The third-order valence-electron chi connectivity index (χ3n) is 4.02. The summed E-state index contributed by atoms with van der Waals surface area (Å²) in [5.74, 6) is 0.653. The molecule has 0 amide bonds. The normalized spacial score (nSPS) is 11.2. The van der Waals surface area contributed by atoms with Gasteiger partial charge in [-0.05, 0) is 31.5 Å². The van der Waals surface area contributed by atoms with Crippen molar-refractivity contribution in [2.24, 2.45) is 0 Å². The van der Waals surface area contributed by atoms with Crippen molar-refractivity contribution in [3.8, 4) is 17.0 Å². The fourth-order valence-electron chi connectivity index (χ4n) is 2.67. The lowest BCUT2D eigenvalue weighted by atomic mass is 10.1. The molecule has 5 nitrogen and oxygen atoms in total. The highest BCUT2D eigenvalue weighted by atomic mass is 19.4. The third-order valence-corrected chi connectivity index (χ3v) is 4.02. The van der Waals surface area contributed by atoms with E-state index in [1.807, 2.05) is 38.1 Å². The lowest BCUT2D eigenvalue weighted by molar-refractivity contribution is -0.274. The molecule has 0 aliphatic heterocycles. The van der Waals surface area contributed by atoms with E-state index in [4.69, 9.17) is 0 Å². The van der Waals surface area contributed by atoms with E-state index in [0.717, 1.165) is 5.56 Å². The third kappa shape index (κ3) is 6.10. The van der Waals surface area contributed by atoms with Gasteiger partial charge in [0.05, 0.1) is 5.69 Å². The summed E-state index contributed by atoms with van der Waals surface area (Å²) in [5, 5.41) is 6.28.